The van der Waals surface area contributed by atoms with Crippen LogP contribution in [0.1, 0.15) is 25.3 Å². The second-order valence-corrected chi connectivity index (χ2v) is 4.82. The van der Waals surface area contributed by atoms with Crippen molar-refractivity contribution in [3.05, 3.63) is 42.0 Å². The Morgan fingerprint density at radius 1 is 1.10 bits per heavy atom. The van der Waals surface area contributed by atoms with Crippen molar-refractivity contribution in [2.24, 2.45) is 0 Å². The minimum absolute atomic E-state index is 0.228. The minimum Gasteiger partial charge on any atom is -0.493 e. The Bertz CT molecular complexity index is 540. The molecule has 0 aliphatic carbocycles. The molecular weight excluding hydrogens is 250 g/mol. The van der Waals surface area contributed by atoms with E-state index in [9.17, 15) is 0 Å². The summed E-state index contributed by atoms with van der Waals surface area (Å²) >= 11 is 0. The quantitative estimate of drug-likeness (QED) is 0.726. The third-order valence-corrected chi connectivity index (χ3v) is 3.36. The van der Waals surface area contributed by atoms with Crippen LogP contribution in [0.3, 0.4) is 0 Å². The monoisotopic (exact) mass is 273 g/mol. The van der Waals surface area contributed by atoms with E-state index < -0.39 is 0 Å². The maximum atomic E-state index is 8.81. The fourth-order valence-corrected chi connectivity index (χ4v) is 2.28. The lowest BCUT2D eigenvalue weighted by atomic mass is 10.0. The molecule has 0 amide bonds. The van der Waals surface area contributed by atoms with Crippen LogP contribution in [0, 0.1) is 0 Å². The lowest BCUT2D eigenvalue weighted by Crippen LogP contribution is -2.13. The number of unbranched alkanes of at least 4 members (excludes halogenated alkanes) is 1. The van der Waals surface area contributed by atoms with Gasteiger partial charge in [-0.2, -0.15) is 0 Å². The number of hydrogen-bond acceptors (Lipinski definition) is 3. The Kier molecular flexibility index (Phi) is 5.84. The van der Waals surface area contributed by atoms with Crippen LogP contribution in [0.15, 0.2) is 36.4 Å². The van der Waals surface area contributed by atoms with Crippen molar-refractivity contribution in [2.45, 2.75) is 26.3 Å². The van der Waals surface area contributed by atoms with Gasteiger partial charge in [-0.25, -0.2) is 0 Å². The maximum absolute atomic E-state index is 8.81. The van der Waals surface area contributed by atoms with E-state index in [0.29, 0.717) is 6.61 Å². The summed E-state index contributed by atoms with van der Waals surface area (Å²) in [5.41, 5.74) is 1.22. The van der Waals surface area contributed by atoms with E-state index in [1.807, 2.05) is 6.07 Å². The van der Waals surface area contributed by atoms with Gasteiger partial charge in [-0.3, -0.25) is 0 Å². The van der Waals surface area contributed by atoms with Gasteiger partial charge in [0.2, 0.25) is 0 Å². The van der Waals surface area contributed by atoms with E-state index in [1.165, 1.54) is 16.3 Å². The summed E-state index contributed by atoms with van der Waals surface area (Å²) in [5, 5.41) is 14.7. The molecule has 0 bridgehead atoms. The van der Waals surface area contributed by atoms with Crippen LogP contribution in [0.5, 0.6) is 5.75 Å². The van der Waals surface area contributed by atoms with Crippen molar-refractivity contribution in [3.63, 3.8) is 0 Å². The molecule has 0 fully saturated rings. The van der Waals surface area contributed by atoms with Gasteiger partial charge in [-0.15, -0.1) is 0 Å². The van der Waals surface area contributed by atoms with E-state index >= 15 is 0 Å². The van der Waals surface area contributed by atoms with Gasteiger partial charge < -0.3 is 15.2 Å². The summed E-state index contributed by atoms with van der Waals surface area (Å²) in [7, 11) is 0. The summed E-state index contributed by atoms with van der Waals surface area (Å²) in [6.07, 6.45) is 1.67. The topological polar surface area (TPSA) is 41.5 Å². The summed E-state index contributed by atoms with van der Waals surface area (Å²) in [6, 6.07) is 12.5. The van der Waals surface area contributed by atoms with Crippen LogP contribution in [0.2, 0.25) is 0 Å². The van der Waals surface area contributed by atoms with Gasteiger partial charge in [0.15, 0.2) is 0 Å². The number of aliphatic hydroxyl groups excluding tert-OH is 1. The molecule has 2 aromatic rings. The Balaban J connectivity index is 2.22. The first kappa shape index (κ1) is 14.8. The normalized spacial score (nSPS) is 10.9. The molecule has 20 heavy (non-hydrogen) atoms. The smallest absolute Gasteiger partial charge is 0.124 e. The zero-order chi connectivity index (χ0) is 14.2. The van der Waals surface area contributed by atoms with E-state index in [0.717, 1.165) is 31.7 Å². The van der Waals surface area contributed by atoms with Gasteiger partial charge in [0.1, 0.15) is 5.75 Å². The highest BCUT2D eigenvalue weighted by Gasteiger charge is 2.08. The van der Waals surface area contributed by atoms with Crippen LogP contribution in [-0.2, 0) is 6.54 Å². The molecule has 2 N–H and O–H groups in total. The average Bonchev–Trinajstić information content (AvgIpc) is 2.50. The van der Waals surface area contributed by atoms with Crippen LogP contribution < -0.4 is 10.1 Å². The van der Waals surface area contributed by atoms with E-state index in [4.69, 9.17) is 9.84 Å². The van der Waals surface area contributed by atoms with Gasteiger partial charge in [-0.05, 0) is 36.2 Å². The fraction of sp³-hybridized carbons (Fsp3) is 0.412. The molecule has 0 atom stereocenters. The van der Waals surface area contributed by atoms with Crippen molar-refractivity contribution < 1.29 is 9.84 Å². The molecule has 3 nitrogen and oxygen atoms in total. The molecule has 2 aromatic carbocycles. The first-order chi connectivity index (χ1) is 9.86. The molecule has 2 rings (SSSR count). The van der Waals surface area contributed by atoms with E-state index in [1.54, 1.807) is 0 Å². The summed E-state index contributed by atoms with van der Waals surface area (Å²) in [4.78, 5) is 0. The minimum atomic E-state index is 0.228. The third kappa shape index (κ3) is 3.71. The van der Waals surface area contributed by atoms with Crippen LogP contribution in [-0.4, -0.2) is 24.9 Å². The van der Waals surface area contributed by atoms with Crippen LogP contribution in [0.4, 0.5) is 0 Å². The highest BCUT2D eigenvalue weighted by atomic mass is 16.5. The van der Waals surface area contributed by atoms with Crippen molar-refractivity contribution in [1.82, 2.24) is 5.32 Å². The second kappa shape index (κ2) is 7.88. The number of fused-ring (bicyclic) bond motifs is 1. The van der Waals surface area contributed by atoms with Crippen molar-refractivity contribution >= 4 is 10.8 Å². The molecule has 3 heteroatoms. The predicted molar refractivity (Wildman–Crippen MR) is 83.1 cm³/mol. The maximum Gasteiger partial charge on any atom is 0.124 e. The first-order valence-corrected chi connectivity index (χ1v) is 7.31. The van der Waals surface area contributed by atoms with Crippen molar-refractivity contribution in [3.8, 4) is 5.75 Å². The molecule has 0 saturated carbocycles. The molecule has 108 valence electrons. The number of aliphatic hydroxyl groups is 1. The Morgan fingerprint density at radius 3 is 2.75 bits per heavy atom. The highest BCUT2D eigenvalue weighted by molar-refractivity contribution is 5.87. The molecule has 0 heterocycles. The van der Waals surface area contributed by atoms with Crippen LogP contribution >= 0.6 is 0 Å². The standard InChI is InChI=1S/C17H23NO2/c1-2-18-13-16-15-8-4-3-7-14(15)9-10-17(16)20-12-6-5-11-19/h3-4,7-10,18-19H,2,5-6,11-13H2,1H3. The summed E-state index contributed by atoms with van der Waals surface area (Å²) in [5.74, 6) is 0.947. The zero-order valence-electron chi connectivity index (χ0n) is 12.1. The lowest BCUT2D eigenvalue weighted by molar-refractivity contribution is 0.252. The molecule has 0 aliphatic rings. The number of benzene rings is 2. The van der Waals surface area contributed by atoms with Gasteiger partial charge in [0.05, 0.1) is 6.61 Å². The molecule has 0 spiro atoms. The van der Waals surface area contributed by atoms with Crippen LogP contribution in [0.25, 0.3) is 10.8 Å². The summed E-state index contributed by atoms with van der Waals surface area (Å²) < 4.78 is 5.89. The molecule has 0 aliphatic heterocycles. The number of nitrogens with one attached hydrogen (secondary N) is 1. The Hall–Kier alpha value is -1.58. The largest absolute Gasteiger partial charge is 0.493 e. The number of rotatable bonds is 8. The average molecular weight is 273 g/mol. The van der Waals surface area contributed by atoms with E-state index in [2.05, 4.69) is 42.6 Å². The molecule has 0 saturated heterocycles. The highest BCUT2D eigenvalue weighted by Crippen LogP contribution is 2.28. The van der Waals surface area contributed by atoms with E-state index in [-0.39, 0.29) is 6.61 Å². The zero-order valence-corrected chi connectivity index (χ0v) is 12.1. The molecule has 0 unspecified atom stereocenters. The summed E-state index contributed by atoms with van der Waals surface area (Å²) in [6.45, 7) is 4.73. The fourth-order valence-electron chi connectivity index (χ4n) is 2.28. The number of ether oxygens (including phenoxy) is 1. The molecular formula is C17H23NO2. The molecule has 0 aromatic heterocycles. The Morgan fingerprint density at radius 2 is 1.95 bits per heavy atom. The van der Waals surface area contributed by atoms with Gasteiger partial charge >= 0.3 is 0 Å². The number of hydrogen-bond donors (Lipinski definition) is 2. The molecule has 0 radical (unpaired) electrons. The predicted octanol–water partition coefficient (Wildman–Crippen LogP) is 3.10. The lowest BCUT2D eigenvalue weighted by Gasteiger charge is -2.14. The van der Waals surface area contributed by atoms with Gasteiger partial charge in [0, 0.05) is 18.7 Å². The van der Waals surface area contributed by atoms with Gasteiger partial charge in [0.25, 0.3) is 0 Å². The first-order valence-electron chi connectivity index (χ1n) is 7.31. The third-order valence-electron chi connectivity index (χ3n) is 3.36. The Labute approximate surface area is 120 Å². The second-order valence-electron chi connectivity index (χ2n) is 4.82. The van der Waals surface area contributed by atoms with Gasteiger partial charge in [-0.1, -0.05) is 37.3 Å². The van der Waals surface area contributed by atoms with Crippen molar-refractivity contribution in [1.29, 1.82) is 0 Å². The SMILES string of the molecule is CCNCc1c(OCCCCO)ccc2ccccc12. The van der Waals surface area contributed by atoms with Crippen molar-refractivity contribution in [2.75, 3.05) is 19.8 Å².